The number of nitrogens with two attached hydrogens (primary N) is 1. The van der Waals surface area contributed by atoms with Gasteiger partial charge in [0.2, 0.25) is 0 Å². The van der Waals surface area contributed by atoms with Gasteiger partial charge in [0.05, 0.1) is 5.69 Å². The van der Waals surface area contributed by atoms with E-state index in [-0.39, 0.29) is 5.92 Å². The summed E-state index contributed by atoms with van der Waals surface area (Å²) in [5.41, 5.74) is 5.82. The van der Waals surface area contributed by atoms with E-state index in [1.165, 1.54) is 25.3 Å². The van der Waals surface area contributed by atoms with E-state index in [4.69, 9.17) is 5.73 Å². The molecule has 3 rings (SSSR count). The van der Waals surface area contributed by atoms with Crippen LogP contribution in [0.15, 0.2) is 37.2 Å². The summed E-state index contributed by atoms with van der Waals surface area (Å²) in [6, 6.07) is 3.33. The number of aromatic nitrogens is 4. The van der Waals surface area contributed by atoms with E-state index in [1.54, 1.807) is 18.3 Å². The number of rotatable bonds is 5. The predicted molar refractivity (Wildman–Crippen MR) is 86.9 cm³/mol. The lowest BCUT2D eigenvalue weighted by molar-refractivity contribution is -0.146. The highest BCUT2D eigenvalue weighted by Gasteiger charge is 2.50. The molecule has 126 valence electrons. The van der Waals surface area contributed by atoms with Gasteiger partial charge in [-0.05, 0) is 30.9 Å². The molecule has 0 bridgehead atoms. The summed E-state index contributed by atoms with van der Waals surface area (Å²) in [5, 5.41) is 10.0. The van der Waals surface area contributed by atoms with Crippen molar-refractivity contribution >= 4 is 5.97 Å². The summed E-state index contributed by atoms with van der Waals surface area (Å²) < 4.78 is 0. The fraction of sp³-hybridized carbons (Fsp3) is 0.471. The van der Waals surface area contributed by atoms with Crippen molar-refractivity contribution in [1.29, 1.82) is 0 Å². The van der Waals surface area contributed by atoms with Crippen molar-refractivity contribution in [3.63, 3.8) is 0 Å². The van der Waals surface area contributed by atoms with Crippen LogP contribution in [0.3, 0.4) is 0 Å². The summed E-state index contributed by atoms with van der Waals surface area (Å²) in [7, 11) is 0. The van der Waals surface area contributed by atoms with Crippen LogP contribution in [0.4, 0.5) is 0 Å². The first-order valence-electron chi connectivity index (χ1n) is 8.18. The zero-order valence-corrected chi connectivity index (χ0v) is 13.4. The van der Waals surface area contributed by atoms with Gasteiger partial charge >= 0.3 is 5.97 Å². The third-order valence-electron chi connectivity index (χ3n) is 4.89. The average molecular weight is 327 g/mol. The summed E-state index contributed by atoms with van der Waals surface area (Å²) in [4.78, 5) is 28.6. The molecule has 0 amide bonds. The minimum absolute atomic E-state index is 0.143. The largest absolute Gasteiger partial charge is 0.480 e. The Morgan fingerprint density at radius 3 is 2.33 bits per heavy atom. The van der Waals surface area contributed by atoms with E-state index >= 15 is 0 Å². The second-order valence-electron chi connectivity index (χ2n) is 6.28. The molecule has 7 nitrogen and oxygen atoms in total. The highest BCUT2D eigenvalue weighted by molar-refractivity contribution is 5.81. The van der Waals surface area contributed by atoms with Gasteiger partial charge in [-0.3, -0.25) is 0 Å². The maximum absolute atomic E-state index is 12.3. The monoisotopic (exact) mass is 327 g/mol. The average Bonchev–Trinajstić information content (AvgIpc) is 2.64. The number of carboxylic acid groups (broad SMARTS) is 1. The van der Waals surface area contributed by atoms with Gasteiger partial charge < -0.3 is 10.8 Å². The molecule has 0 saturated heterocycles. The topological polar surface area (TPSA) is 115 Å². The van der Waals surface area contributed by atoms with E-state index < -0.39 is 17.4 Å². The summed E-state index contributed by atoms with van der Waals surface area (Å²) in [6.45, 7) is 0. The van der Waals surface area contributed by atoms with Crippen LogP contribution in [0.5, 0.6) is 0 Å². The molecule has 0 aromatic carbocycles. The minimum Gasteiger partial charge on any atom is -0.480 e. The van der Waals surface area contributed by atoms with Gasteiger partial charge in [0.1, 0.15) is 12.7 Å². The quantitative estimate of drug-likeness (QED) is 0.861. The molecule has 1 saturated carbocycles. The van der Waals surface area contributed by atoms with Gasteiger partial charge in [0.25, 0.3) is 0 Å². The van der Waals surface area contributed by atoms with Crippen LogP contribution in [-0.4, -0.2) is 31.0 Å². The molecule has 2 atom stereocenters. The van der Waals surface area contributed by atoms with Crippen LogP contribution in [0.25, 0.3) is 0 Å². The van der Waals surface area contributed by atoms with Crippen molar-refractivity contribution in [2.75, 3.05) is 0 Å². The Hall–Kier alpha value is -2.41. The second kappa shape index (κ2) is 7.00. The number of nitrogens with zero attached hydrogens (tertiary/aromatic N) is 4. The molecule has 1 aliphatic rings. The first kappa shape index (κ1) is 16.4. The number of aliphatic carboxylic acids is 1. The SMILES string of the molecule is NC(C(=O)O)(c1ccncn1)C(c1ccncn1)C1CCCCC1. The molecule has 24 heavy (non-hydrogen) atoms. The van der Waals surface area contributed by atoms with Gasteiger partial charge in [0.15, 0.2) is 5.54 Å². The van der Waals surface area contributed by atoms with Crippen molar-refractivity contribution in [2.45, 2.75) is 43.6 Å². The fourth-order valence-electron chi connectivity index (χ4n) is 3.74. The molecule has 2 heterocycles. The van der Waals surface area contributed by atoms with Crippen molar-refractivity contribution in [1.82, 2.24) is 19.9 Å². The Labute approximate surface area is 140 Å². The fourth-order valence-corrected chi connectivity index (χ4v) is 3.74. The maximum atomic E-state index is 12.3. The number of carboxylic acids is 1. The number of hydrogen-bond donors (Lipinski definition) is 2. The van der Waals surface area contributed by atoms with Crippen LogP contribution in [0.2, 0.25) is 0 Å². The molecule has 2 unspecified atom stereocenters. The second-order valence-corrected chi connectivity index (χ2v) is 6.28. The van der Waals surface area contributed by atoms with Crippen LogP contribution < -0.4 is 5.73 Å². The highest BCUT2D eigenvalue weighted by atomic mass is 16.4. The van der Waals surface area contributed by atoms with Crippen LogP contribution >= 0.6 is 0 Å². The zero-order valence-electron chi connectivity index (χ0n) is 13.4. The Balaban J connectivity index is 2.12. The van der Waals surface area contributed by atoms with E-state index in [0.29, 0.717) is 11.4 Å². The summed E-state index contributed by atoms with van der Waals surface area (Å²) in [6.07, 6.45) is 11.1. The van der Waals surface area contributed by atoms with Crippen molar-refractivity contribution in [2.24, 2.45) is 11.7 Å². The number of carbonyl (C=O) groups is 1. The lowest BCUT2D eigenvalue weighted by atomic mass is 9.67. The van der Waals surface area contributed by atoms with E-state index in [2.05, 4.69) is 19.9 Å². The van der Waals surface area contributed by atoms with Gasteiger partial charge in [-0.15, -0.1) is 0 Å². The third kappa shape index (κ3) is 2.99. The van der Waals surface area contributed by atoms with Gasteiger partial charge in [-0.1, -0.05) is 19.3 Å². The molecule has 2 aromatic heterocycles. The summed E-state index contributed by atoms with van der Waals surface area (Å²) >= 11 is 0. The normalized spacial score (nSPS) is 19.4. The van der Waals surface area contributed by atoms with Crippen LogP contribution in [0, 0.1) is 5.92 Å². The van der Waals surface area contributed by atoms with Crippen LogP contribution in [0.1, 0.15) is 49.4 Å². The molecule has 2 aromatic rings. The molecule has 7 heteroatoms. The van der Waals surface area contributed by atoms with Gasteiger partial charge in [0, 0.05) is 24.0 Å². The van der Waals surface area contributed by atoms with Crippen molar-refractivity contribution < 1.29 is 9.90 Å². The molecule has 3 N–H and O–H groups in total. The zero-order chi connectivity index (χ0) is 17.0. The Kier molecular flexibility index (Phi) is 4.80. The minimum atomic E-state index is -1.65. The van der Waals surface area contributed by atoms with Crippen molar-refractivity contribution in [3.05, 3.63) is 48.6 Å². The molecule has 0 radical (unpaired) electrons. The molecular formula is C17H21N5O2. The standard InChI is InChI=1S/C17H21N5O2/c18-17(16(23)24,14-7-9-20-11-22-14)15(12-4-2-1-3-5-12)13-6-8-19-10-21-13/h6-12,15H,1-5,18H2,(H,23,24). The lowest BCUT2D eigenvalue weighted by Gasteiger charge is -2.39. The Bertz CT molecular complexity index is 676. The van der Waals surface area contributed by atoms with Crippen LogP contribution in [-0.2, 0) is 10.3 Å². The lowest BCUT2D eigenvalue weighted by Crippen LogP contribution is -2.53. The molecule has 1 fully saturated rings. The van der Waals surface area contributed by atoms with E-state index in [9.17, 15) is 9.90 Å². The molecule has 0 aliphatic heterocycles. The number of hydrogen-bond acceptors (Lipinski definition) is 6. The Morgan fingerprint density at radius 2 is 1.79 bits per heavy atom. The highest BCUT2D eigenvalue weighted by Crippen LogP contribution is 2.44. The third-order valence-corrected chi connectivity index (χ3v) is 4.89. The van der Waals surface area contributed by atoms with Gasteiger partial charge in [-0.2, -0.15) is 0 Å². The summed E-state index contributed by atoms with van der Waals surface area (Å²) in [5.74, 6) is -1.42. The van der Waals surface area contributed by atoms with E-state index in [1.807, 2.05) is 0 Å². The van der Waals surface area contributed by atoms with Crippen molar-refractivity contribution in [3.8, 4) is 0 Å². The van der Waals surface area contributed by atoms with Gasteiger partial charge in [-0.25, -0.2) is 24.7 Å². The first-order chi connectivity index (χ1) is 11.6. The predicted octanol–water partition coefficient (Wildman–Crippen LogP) is 1.87. The Morgan fingerprint density at radius 1 is 1.12 bits per heavy atom. The van der Waals surface area contributed by atoms with E-state index in [0.717, 1.165) is 25.7 Å². The first-order valence-corrected chi connectivity index (χ1v) is 8.18. The maximum Gasteiger partial charge on any atom is 0.330 e. The molecular weight excluding hydrogens is 306 g/mol. The molecule has 1 aliphatic carbocycles. The molecule has 0 spiro atoms. The smallest absolute Gasteiger partial charge is 0.330 e.